The molecule has 162 valence electrons. The van der Waals surface area contributed by atoms with Crippen molar-refractivity contribution in [3.63, 3.8) is 0 Å². The molecule has 0 aromatic heterocycles. The molecule has 0 saturated heterocycles. The lowest BCUT2D eigenvalue weighted by Crippen LogP contribution is -2.50. The zero-order chi connectivity index (χ0) is 22.4. The first-order valence-electron chi connectivity index (χ1n) is 10.2. The number of ether oxygens (including phenoxy) is 1. The van der Waals surface area contributed by atoms with E-state index in [4.69, 9.17) is 9.84 Å². The van der Waals surface area contributed by atoms with Crippen molar-refractivity contribution < 1.29 is 24.2 Å². The van der Waals surface area contributed by atoms with E-state index in [1.807, 2.05) is 36.4 Å². The van der Waals surface area contributed by atoms with Crippen LogP contribution in [0.1, 0.15) is 30.9 Å². The maximum absolute atomic E-state index is 12.5. The summed E-state index contributed by atoms with van der Waals surface area (Å²) >= 11 is 0. The Bertz CT molecular complexity index is 953. The van der Waals surface area contributed by atoms with Crippen LogP contribution in [0.4, 0.5) is 4.79 Å². The van der Waals surface area contributed by atoms with E-state index in [2.05, 4.69) is 22.8 Å². The van der Waals surface area contributed by atoms with Gasteiger partial charge >= 0.3 is 12.1 Å². The molecule has 0 radical (unpaired) electrons. The predicted molar refractivity (Wildman–Crippen MR) is 117 cm³/mol. The SMILES string of the molecule is CC(C)[C@@H](NC(=O)OCC1c2ccccc2-c2ccccc21)C(=O)NC/C=C/C(=O)O. The van der Waals surface area contributed by atoms with Crippen LogP contribution in [0, 0.1) is 5.92 Å². The second-order valence-corrected chi connectivity index (χ2v) is 7.68. The first-order chi connectivity index (χ1) is 14.9. The van der Waals surface area contributed by atoms with Crippen LogP contribution >= 0.6 is 0 Å². The number of carboxylic acids is 1. The van der Waals surface area contributed by atoms with Crippen molar-refractivity contribution in [2.75, 3.05) is 13.2 Å². The zero-order valence-electron chi connectivity index (χ0n) is 17.5. The highest BCUT2D eigenvalue weighted by Crippen LogP contribution is 2.44. The highest BCUT2D eigenvalue weighted by Gasteiger charge is 2.30. The fraction of sp³-hybridized carbons (Fsp3) is 0.292. The highest BCUT2D eigenvalue weighted by molar-refractivity contribution is 5.86. The number of alkyl carbamates (subject to hydrolysis) is 1. The largest absolute Gasteiger partial charge is 0.478 e. The molecule has 3 rings (SSSR count). The second kappa shape index (κ2) is 9.93. The molecule has 1 atom stereocenters. The van der Waals surface area contributed by atoms with Gasteiger partial charge in [0.2, 0.25) is 5.91 Å². The molecule has 0 bridgehead atoms. The van der Waals surface area contributed by atoms with Crippen LogP contribution in [-0.4, -0.2) is 42.3 Å². The molecule has 0 fully saturated rings. The van der Waals surface area contributed by atoms with E-state index in [9.17, 15) is 14.4 Å². The summed E-state index contributed by atoms with van der Waals surface area (Å²) in [6.07, 6.45) is 1.60. The molecule has 7 heteroatoms. The summed E-state index contributed by atoms with van der Waals surface area (Å²) in [5, 5.41) is 13.8. The van der Waals surface area contributed by atoms with Crippen molar-refractivity contribution >= 4 is 18.0 Å². The third-order valence-electron chi connectivity index (χ3n) is 5.22. The number of benzene rings is 2. The van der Waals surface area contributed by atoms with Gasteiger partial charge in [-0.3, -0.25) is 4.79 Å². The van der Waals surface area contributed by atoms with Crippen LogP contribution in [0.3, 0.4) is 0 Å². The summed E-state index contributed by atoms with van der Waals surface area (Å²) in [5.41, 5.74) is 4.50. The molecule has 3 N–H and O–H groups in total. The zero-order valence-corrected chi connectivity index (χ0v) is 17.5. The first-order valence-corrected chi connectivity index (χ1v) is 10.2. The molecule has 1 aliphatic rings. The van der Waals surface area contributed by atoms with Gasteiger partial charge in [-0.2, -0.15) is 0 Å². The number of aliphatic carboxylic acids is 1. The highest BCUT2D eigenvalue weighted by atomic mass is 16.5. The Labute approximate surface area is 181 Å². The molecule has 7 nitrogen and oxygen atoms in total. The minimum atomic E-state index is -1.09. The van der Waals surface area contributed by atoms with Crippen LogP contribution in [0.2, 0.25) is 0 Å². The van der Waals surface area contributed by atoms with Crippen LogP contribution in [0.25, 0.3) is 11.1 Å². The molecule has 0 spiro atoms. The van der Waals surface area contributed by atoms with Crippen molar-refractivity contribution in [1.82, 2.24) is 10.6 Å². The summed E-state index contributed by atoms with van der Waals surface area (Å²) in [4.78, 5) is 35.3. The summed E-state index contributed by atoms with van der Waals surface area (Å²) < 4.78 is 5.51. The second-order valence-electron chi connectivity index (χ2n) is 7.68. The van der Waals surface area contributed by atoms with Crippen LogP contribution in [0.15, 0.2) is 60.7 Å². The van der Waals surface area contributed by atoms with Crippen LogP contribution in [0.5, 0.6) is 0 Å². The molecule has 31 heavy (non-hydrogen) atoms. The normalized spacial score (nSPS) is 13.5. The fourth-order valence-electron chi connectivity index (χ4n) is 3.73. The predicted octanol–water partition coefficient (Wildman–Crippen LogP) is 3.31. The molecule has 0 saturated carbocycles. The monoisotopic (exact) mass is 422 g/mol. The summed E-state index contributed by atoms with van der Waals surface area (Å²) in [6, 6.07) is 15.3. The Hall–Kier alpha value is -3.61. The molecular formula is C24H26N2O5. The lowest BCUT2D eigenvalue weighted by Gasteiger charge is -2.22. The van der Waals surface area contributed by atoms with Gasteiger partial charge < -0.3 is 20.5 Å². The standard InChI is InChI=1S/C24H26N2O5/c1-15(2)22(23(29)25-13-7-12-21(27)28)26-24(30)31-14-20-18-10-5-3-8-16(18)17-9-4-6-11-19(17)20/h3-12,15,20,22H,13-14H2,1-2H3,(H,25,29)(H,26,30)(H,27,28)/b12-7+/t22-/m1/s1. The van der Waals surface area contributed by atoms with Gasteiger partial charge in [-0.05, 0) is 28.2 Å². The molecule has 0 aliphatic heterocycles. The number of carbonyl (C=O) groups excluding carboxylic acids is 2. The van der Waals surface area contributed by atoms with Gasteiger partial charge in [0, 0.05) is 18.5 Å². The lowest BCUT2D eigenvalue weighted by molar-refractivity contribution is -0.131. The van der Waals surface area contributed by atoms with Gasteiger partial charge in [-0.15, -0.1) is 0 Å². The lowest BCUT2D eigenvalue weighted by atomic mass is 9.98. The average molecular weight is 422 g/mol. The Morgan fingerprint density at radius 2 is 1.61 bits per heavy atom. The van der Waals surface area contributed by atoms with E-state index < -0.39 is 24.0 Å². The number of hydrogen-bond acceptors (Lipinski definition) is 4. The Kier molecular flexibility index (Phi) is 7.07. The number of nitrogens with one attached hydrogen (secondary N) is 2. The van der Waals surface area contributed by atoms with E-state index in [0.717, 1.165) is 28.3 Å². The molecule has 1 aliphatic carbocycles. The number of carbonyl (C=O) groups is 3. The molecule has 0 heterocycles. The Balaban J connectivity index is 1.61. The molecule has 2 aromatic carbocycles. The topological polar surface area (TPSA) is 105 Å². The quantitative estimate of drug-likeness (QED) is 0.566. The van der Waals surface area contributed by atoms with E-state index >= 15 is 0 Å². The van der Waals surface area contributed by atoms with Gasteiger partial charge in [0.15, 0.2) is 0 Å². The van der Waals surface area contributed by atoms with Crippen molar-refractivity contribution in [2.24, 2.45) is 5.92 Å². The summed E-state index contributed by atoms with van der Waals surface area (Å²) in [6.45, 7) is 3.83. The average Bonchev–Trinajstić information content (AvgIpc) is 3.07. The van der Waals surface area contributed by atoms with Gasteiger partial charge in [-0.1, -0.05) is 68.5 Å². The summed E-state index contributed by atoms with van der Waals surface area (Å²) in [5.74, 6) is -1.74. The van der Waals surface area contributed by atoms with E-state index in [0.29, 0.717) is 0 Å². The molecule has 0 unspecified atom stereocenters. The minimum absolute atomic E-state index is 0.0563. The molecule has 2 aromatic rings. The van der Waals surface area contributed by atoms with Gasteiger partial charge in [0.1, 0.15) is 12.6 Å². The maximum Gasteiger partial charge on any atom is 0.407 e. The van der Waals surface area contributed by atoms with E-state index in [1.54, 1.807) is 13.8 Å². The fourth-order valence-corrected chi connectivity index (χ4v) is 3.73. The smallest absolute Gasteiger partial charge is 0.407 e. The van der Waals surface area contributed by atoms with Crippen LogP contribution in [-0.2, 0) is 14.3 Å². The van der Waals surface area contributed by atoms with Crippen molar-refractivity contribution in [3.8, 4) is 11.1 Å². The van der Waals surface area contributed by atoms with Crippen LogP contribution < -0.4 is 10.6 Å². The van der Waals surface area contributed by atoms with Gasteiger partial charge in [0.25, 0.3) is 0 Å². The van der Waals surface area contributed by atoms with Crippen molar-refractivity contribution in [2.45, 2.75) is 25.8 Å². The van der Waals surface area contributed by atoms with E-state index in [1.165, 1.54) is 6.08 Å². The number of carboxylic acid groups (broad SMARTS) is 1. The third kappa shape index (κ3) is 5.31. The van der Waals surface area contributed by atoms with E-state index in [-0.39, 0.29) is 25.0 Å². The number of rotatable bonds is 8. The minimum Gasteiger partial charge on any atom is -0.478 e. The number of fused-ring (bicyclic) bond motifs is 3. The molecule has 2 amide bonds. The Morgan fingerprint density at radius 1 is 1.03 bits per heavy atom. The van der Waals surface area contributed by atoms with Gasteiger partial charge in [0.05, 0.1) is 0 Å². The number of hydrogen-bond donors (Lipinski definition) is 3. The van der Waals surface area contributed by atoms with Crippen molar-refractivity contribution in [3.05, 3.63) is 71.8 Å². The Morgan fingerprint density at radius 3 is 2.16 bits per heavy atom. The third-order valence-corrected chi connectivity index (χ3v) is 5.22. The maximum atomic E-state index is 12.5. The first kappa shape index (κ1) is 22.1. The number of amides is 2. The van der Waals surface area contributed by atoms with Crippen molar-refractivity contribution in [1.29, 1.82) is 0 Å². The summed E-state index contributed by atoms with van der Waals surface area (Å²) in [7, 11) is 0. The molecular weight excluding hydrogens is 396 g/mol. The van der Waals surface area contributed by atoms with Gasteiger partial charge in [-0.25, -0.2) is 9.59 Å².